The molecule has 0 N–H and O–H groups in total. The molecule has 2 aliphatic heterocycles. The number of nitrogens with zero attached hydrogens (tertiary/aromatic N) is 2. The molecule has 0 aromatic heterocycles. The van der Waals surface area contributed by atoms with Gasteiger partial charge < -0.3 is 9.80 Å². The summed E-state index contributed by atoms with van der Waals surface area (Å²) >= 11 is 0. The van der Waals surface area contributed by atoms with Crippen molar-refractivity contribution in [1.29, 1.82) is 0 Å². The smallest absolute Gasteiger partial charge is 0.225 e. The molecule has 2 unspecified atom stereocenters. The van der Waals surface area contributed by atoms with Gasteiger partial charge in [-0.1, -0.05) is 26.0 Å². The van der Waals surface area contributed by atoms with E-state index in [2.05, 4.69) is 6.92 Å². The van der Waals surface area contributed by atoms with Crippen LogP contribution in [0.3, 0.4) is 0 Å². The van der Waals surface area contributed by atoms with E-state index in [9.17, 15) is 14.0 Å². The largest absolute Gasteiger partial charge is 0.343 e. The maximum atomic E-state index is 13.1. The van der Waals surface area contributed by atoms with E-state index in [1.807, 2.05) is 16.7 Å². The molecule has 3 rings (SSSR count). The minimum atomic E-state index is -0.257. The van der Waals surface area contributed by atoms with Crippen LogP contribution >= 0.6 is 0 Å². The standard InChI is InChI=1S/C22H31FN2O2/c1-16-4-3-11-25(15-16)22(27)19-9-12-24(13-10-19)21(26)14-17(2)18-5-7-20(23)8-6-18/h5-8,16-17,19H,3-4,9-15H2,1-2H3. The molecule has 0 bridgehead atoms. The number of carbonyl (C=O) groups excluding carboxylic acids is 2. The van der Waals surface area contributed by atoms with E-state index < -0.39 is 0 Å². The van der Waals surface area contributed by atoms with Crippen molar-refractivity contribution >= 4 is 11.8 Å². The number of hydrogen-bond acceptors (Lipinski definition) is 2. The van der Waals surface area contributed by atoms with Gasteiger partial charge in [0.25, 0.3) is 0 Å². The van der Waals surface area contributed by atoms with E-state index in [0.29, 0.717) is 25.4 Å². The van der Waals surface area contributed by atoms with Crippen LogP contribution in [0.25, 0.3) is 0 Å². The number of rotatable bonds is 4. The summed E-state index contributed by atoms with van der Waals surface area (Å²) in [4.78, 5) is 29.3. The Bertz CT molecular complexity index is 653. The molecule has 2 saturated heterocycles. The van der Waals surface area contributed by atoms with Gasteiger partial charge in [0.1, 0.15) is 5.82 Å². The molecular formula is C22H31FN2O2. The molecule has 1 aromatic rings. The number of carbonyl (C=O) groups is 2. The highest BCUT2D eigenvalue weighted by Gasteiger charge is 2.32. The number of amides is 2. The first-order valence-corrected chi connectivity index (χ1v) is 10.3. The Kier molecular flexibility index (Phi) is 6.51. The molecule has 0 aliphatic carbocycles. The highest BCUT2D eigenvalue weighted by molar-refractivity contribution is 5.80. The minimum absolute atomic E-state index is 0.0623. The fourth-order valence-corrected chi connectivity index (χ4v) is 4.32. The first kappa shape index (κ1) is 19.8. The number of likely N-dealkylation sites (tertiary alicyclic amines) is 2. The third-order valence-electron chi connectivity index (χ3n) is 6.09. The van der Waals surface area contributed by atoms with E-state index in [0.717, 1.165) is 37.9 Å². The van der Waals surface area contributed by atoms with Crippen molar-refractivity contribution in [2.45, 2.75) is 51.9 Å². The van der Waals surface area contributed by atoms with Crippen molar-refractivity contribution in [2.75, 3.05) is 26.2 Å². The van der Waals surface area contributed by atoms with Crippen molar-refractivity contribution in [2.24, 2.45) is 11.8 Å². The second-order valence-electron chi connectivity index (χ2n) is 8.34. The Labute approximate surface area is 161 Å². The topological polar surface area (TPSA) is 40.6 Å². The molecule has 2 fully saturated rings. The molecule has 2 aliphatic rings. The molecule has 4 nitrogen and oxygen atoms in total. The molecule has 0 spiro atoms. The third-order valence-corrected chi connectivity index (χ3v) is 6.09. The Morgan fingerprint density at radius 2 is 1.74 bits per heavy atom. The van der Waals surface area contributed by atoms with Crippen LogP contribution < -0.4 is 0 Å². The normalized spacial score (nSPS) is 22.6. The van der Waals surface area contributed by atoms with Crippen LogP contribution in [0.5, 0.6) is 0 Å². The van der Waals surface area contributed by atoms with Gasteiger partial charge in [-0.15, -0.1) is 0 Å². The Balaban J connectivity index is 1.47. The Morgan fingerprint density at radius 3 is 2.37 bits per heavy atom. The van der Waals surface area contributed by atoms with Crippen LogP contribution in [-0.4, -0.2) is 47.8 Å². The van der Waals surface area contributed by atoms with Gasteiger partial charge in [-0.25, -0.2) is 4.39 Å². The number of halogens is 1. The number of piperidine rings is 2. The molecule has 2 amide bonds. The highest BCUT2D eigenvalue weighted by Crippen LogP contribution is 2.26. The van der Waals surface area contributed by atoms with Crippen LogP contribution in [0.1, 0.15) is 57.4 Å². The maximum absolute atomic E-state index is 13.1. The van der Waals surface area contributed by atoms with Gasteiger partial charge >= 0.3 is 0 Å². The second-order valence-corrected chi connectivity index (χ2v) is 8.34. The lowest BCUT2D eigenvalue weighted by molar-refractivity contribution is -0.142. The van der Waals surface area contributed by atoms with Gasteiger partial charge in [0.15, 0.2) is 0 Å². The summed E-state index contributed by atoms with van der Waals surface area (Å²) in [6.07, 6.45) is 4.27. The van der Waals surface area contributed by atoms with Gasteiger partial charge in [0.2, 0.25) is 11.8 Å². The Hall–Kier alpha value is -1.91. The van der Waals surface area contributed by atoms with Crippen LogP contribution in [-0.2, 0) is 9.59 Å². The lowest BCUT2D eigenvalue weighted by Gasteiger charge is -2.37. The molecule has 2 atom stereocenters. The fraction of sp³-hybridized carbons (Fsp3) is 0.636. The summed E-state index contributed by atoms with van der Waals surface area (Å²) in [5.41, 5.74) is 0.981. The van der Waals surface area contributed by atoms with Gasteiger partial charge in [-0.3, -0.25) is 9.59 Å². The van der Waals surface area contributed by atoms with Crippen LogP contribution in [0.4, 0.5) is 4.39 Å². The predicted molar refractivity (Wildman–Crippen MR) is 104 cm³/mol. The molecule has 0 radical (unpaired) electrons. The lowest BCUT2D eigenvalue weighted by atomic mass is 9.92. The molecule has 0 saturated carbocycles. The number of hydrogen-bond donors (Lipinski definition) is 0. The average Bonchev–Trinajstić information content (AvgIpc) is 2.68. The fourth-order valence-electron chi connectivity index (χ4n) is 4.32. The van der Waals surface area contributed by atoms with E-state index in [-0.39, 0.29) is 29.5 Å². The average molecular weight is 375 g/mol. The van der Waals surface area contributed by atoms with Crippen molar-refractivity contribution in [3.8, 4) is 0 Å². The second kappa shape index (κ2) is 8.85. The zero-order valence-corrected chi connectivity index (χ0v) is 16.5. The lowest BCUT2D eigenvalue weighted by Crippen LogP contribution is -2.47. The van der Waals surface area contributed by atoms with Crippen LogP contribution in [0.2, 0.25) is 0 Å². The summed E-state index contributed by atoms with van der Waals surface area (Å²) in [5, 5.41) is 0. The summed E-state index contributed by atoms with van der Waals surface area (Å²) in [6.45, 7) is 7.30. The third kappa shape index (κ3) is 5.08. The number of benzene rings is 1. The summed E-state index contributed by atoms with van der Waals surface area (Å²) in [5.74, 6) is 0.878. The van der Waals surface area contributed by atoms with E-state index in [4.69, 9.17) is 0 Å². The SMILES string of the molecule is CC1CCCN(C(=O)C2CCN(C(=O)CC(C)c3ccc(F)cc3)CC2)C1. The maximum Gasteiger partial charge on any atom is 0.225 e. The zero-order valence-electron chi connectivity index (χ0n) is 16.5. The van der Waals surface area contributed by atoms with Crippen molar-refractivity contribution in [1.82, 2.24) is 9.80 Å². The monoisotopic (exact) mass is 374 g/mol. The summed E-state index contributed by atoms with van der Waals surface area (Å²) in [6, 6.07) is 6.37. The van der Waals surface area contributed by atoms with Crippen LogP contribution in [0.15, 0.2) is 24.3 Å². The van der Waals surface area contributed by atoms with Gasteiger partial charge in [-0.2, -0.15) is 0 Å². The van der Waals surface area contributed by atoms with E-state index in [1.165, 1.54) is 18.6 Å². The molecule has 148 valence electrons. The quantitative estimate of drug-likeness (QED) is 0.804. The first-order valence-electron chi connectivity index (χ1n) is 10.3. The van der Waals surface area contributed by atoms with E-state index in [1.54, 1.807) is 12.1 Å². The van der Waals surface area contributed by atoms with E-state index >= 15 is 0 Å². The van der Waals surface area contributed by atoms with Gasteiger partial charge in [-0.05, 0) is 55.2 Å². The first-order chi connectivity index (χ1) is 12.9. The molecule has 27 heavy (non-hydrogen) atoms. The van der Waals surface area contributed by atoms with Gasteiger partial charge in [0.05, 0.1) is 0 Å². The zero-order chi connectivity index (χ0) is 19.4. The predicted octanol–water partition coefficient (Wildman–Crippen LogP) is 3.82. The minimum Gasteiger partial charge on any atom is -0.343 e. The summed E-state index contributed by atoms with van der Waals surface area (Å²) < 4.78 is 13.1. The molecule has 5 heteroatoms. The van der Waals surface area contributed by atoms with Gasteiger partial charge in [0, 0.05) is 38.5 Å². The molecule has 2 heterocycles. The van der Waals surface area contributed by atoms with Crippen molar-refractivity contribution in [3.63, 3.8) is 0 Å². The highest BCUT2D eigenvalue weighted by atomic mass is 19.1. The van der Waals surface area contributed by atoms with Crippen molar-refractivity contribution < 1.29 is 14.0 Å². The van der Waals surface area contributed by atoms with Crippen LogP contribution in [0, 0.1) is 17.7 Å². The molecular weight excluding hydrogens is 343 g/mol. The van der Waals surface area contributed by atoms with Crippen molar-refractivity contribution in [3.05, 3.63) is 35.6 Å². The summed E-state index contributed by atoms with van der Waals surface area (Å²) in [7, 11) is 0. The Morgan fingerprint density at radius 1 is 1.07 bits per heavy atom. The molecule has 1 aromatic carbocycles.